The SMILES string of the molecule is CCNCc1nc(N2CCC(N(C)C)CC2)ccc1Cl. The first-order valence-corrected chi connectivity index (χ1v) is 7.77. The van der Waals surface area contributed by atoms with Gasteiger partial charge < -0.3 is 15.1 Å². The summed E-state index contributed by atoms with van der Waals surface area (Å²) in [5.41, 5.74) is 0.945. The van der Waals surface area contributed by atoms with Crippen LogP contribution < -0.4 is 10.2 Å². The van der Waals surface area contributed by atoms with Gasteiger partial charge in [0.25, 0.3) is 0 Å². The number of nitrogens with one attached hydrogen (secondary N) is 1. The molecule has 1 aromatic rings. The molecule has 1 saturated heterocycles. The maximum absolute atomic E-state index is 6.21. The van der Waals surface area contributed by atoms with E-state index < -0.39 is 0 Å². The molecule has 4 nitrogen and oxygen atoms in total. The first-order valence-electron chi connectivity index (χ1n) is 7.39. The molecule has 1 aliphatic heterocycles. The van der Waals surface area contributed by atoms with Crippen molar-refractivity contribution >= 4 is 17.4 Å². The number of aromatic nitrogens is 1. The van der Waals surface area contributed by atoms with Gasteiger partial charge in [0.2, 0.25) is 0 Å². The van der Waals surface area contributed by atoms with Gasteiger partial charge in [0, 0.05) is 25.7 Å². The summed E-state index contributed by atoms with van der Waals surface area (Å²) in [7, 11) is 4.32. The van der Waals surface area contributed by atoms with E-state index in [1.807, 2.05) is 12.1 Å². The summed E-state index contributed by atoms with van der Waals surface area (Å²) in [6, 6.07) is 4.70. The predicted molar refractivity (Wildman–Crippen MR) is 85.5 cm³/mol. The van der Waals surface area contributed by atoms with E-state index in [4.69, 9.17) is 16.6 Å². The van der Waals surface area contributed by atoms with Gasteiger partial charge >= 0.3 is 0 Å². The lowest BCUT2D eigenvalue weighted by Gasteiger charge is -2.36. The van der Waals surface area contributed by atoms with Gasteiger partial charge in [-0.1, -0.05) is 18.5 Å². The Hall–Kier alpha value is -0.840. The summed E-state index contributed by atoms with van der Waals surface area (Å²) >= 11 is 6.21. The van der Waals surface area contributed by atoms with Crippen molar-refractivity contribution in [2.24, 2.45) is 0 Å². The number of hydrogen-bond donors (Lipinski definition) is 1. The largest absolute Gasteiger partial charge is 0.356 e. The predicted octanol–water partition coefficient (Wildman–Crippen LogP) is 2.37. The monoisotopic (exact) mass is 296 g/mol. The highest BCUT2D eigenvalue weighted by Crippen LogP contribution is 2.23. The van der Waals surface area contributed by atoms with Crippen LogP contribution in [0, 0.1) is 0 Å². The summed E-state index contributed by atoms with van der Waals surface area (Å²) < 4.78 is 0. The van der Waals surface area contributed by atoms with Crippen molar-refractivity contribution < 1.29 is 0 Å². The van der Waals surface area contributed by atoms with Gasteiger partial charge in [0.1, 0.15) is 5.82 Å². The van der Waals surface area contributed by atoms with Gasteiger partial charge in [-0.15, -0.1) is 0 Å². The van der Waals surface area contributed by atoms with E-state index in [-0.39, 0.29) is 0 Å². The molecule has 0 amide bonds. The standard InChI is InChI=1S/C15H25ClN4/c1-4-17-11-14-13(16)5-6-15(18-14)20-9-7-12(8-10-20)19(2)3/h5-6,12,17H,4,7-11H2,1-3H3. The molecule has 0 radical (unpaired) electrons. The average Bonchev–Trinajstić information content (AvgIpc) is 2.46. The topological polar surface area (TPSA) is 31.4 Å². The highest BCUT2D eigenvalue weighted by Gasteiger charge is 2.21. The molecule has 1 fully saturated rings. The molecule has 0 unspecified atom stereocenters. The number of anilines is 1. The second kappa shape index (κ2) is 7.25. The van der Waals surface area contributed by atoms with Crippen LogP contribution in [0.1, 0.15) is 25.5 Å². The summed E-state index contributed by atoms with van der Waals surface area (Å²) in [6.45, 7) is 5.88. The Balaban J connectivity index is 2.02. The second-order valence-corrected chi connectivity index (χ2v) is 5.97. The zero-order valence-electron chi connectivity index (χ0n) is 12.7. The summed E-state index contributed by atoms with van der Waals surface area (Å²) in [5.74, 6) is 1.06. The molecule has 1 aromatic heterocycles. The minimum absolute atomic E-state index is 0.694. The van der Waals surface area contributed by atoms with Crippen molar-refractivity contribution in [3.63, 3.8) is 0 Å². The van der Waals surface area contributed by atoms with Crippen LogP contribution in [0.25, 0.3) is 0 Å². The van der Waals surface area contributed by atoms with Crippen molar-refractivity contribution in [1.82, 2.24) is 15.2 Å². The lowest BCUT2D eigenvalue weighted by Crippen LogP contribution is -2.42. The molecule has 0 bridgehead atoms. The van der Waals surface area contributed by atoms with Gasteiger partial charge in [0.05, 0.1) is 10.7 Å². The molecule has 0 spiro atoms. The number of piperidine rings is 1. The van der Waals surface area contributed by atoms with Crippen LogP contribution in [-0.4, -0.2) is 49.7 Å². The Morgan fingerprint density at radius 2 is 2.05 bits per heavy atom. The third kappa shape index (κ3) is 3.84. The van der Waals surface area contributed by atoms with Crippen molar-refractivity contribution in [1.29, 1.82) is 0 Å². The van der Waals surface area contributed by atoms with E-state index in [1.54, 1.807) is 0 Å². The number of halogens is 1. The number of rotatable bonds is 5. The molecule has 0 saturated carbocycles. The van der Waals surface area contributed by atoms with Gasteiger partial charge in [-0.25, -0.2) is 4.98 Å². The highest BCUT2D eigenvalue weighted by atomic mass is 35.5. The van der Waals surface area contributed by atoms with Crippen molar-refractivity contribution in [3.8, 4) is 0 Å². The van der Waals surface area contributed by atoms with Crippen LogP contribution in [0.4, 0.5) is 5.82 Å². The zero-order valence-corrected chi connectivity index (χ0v) is 13.5. The third-order valence-electron chi connectivity index (χ3n) is 3.97. The molecule has 1 aliphatic rings. The molecular formula is C15H25ClN4. The van der Waals surface area contributed by atoms with Gasteiger partial charge in [-0.2, -0.15) is 0 Å². The molecule has 0 aromatic carbocycles. The number of nitrogens with zero attached hydrogens (tertiary/aromatic N) is 3. The Kier molecular flexibility index (Phi) is 5.64. The number of pyridine rings is 1. The van der Waals surface area contributed by atoms with E-state index in [1.165, 1.54) is 12.8 Å². The maximum Gasteiger partial charge on any atom is 0.128 e. The molecule has 5 heteroatoms. The lowest BCUT2D eigenvalue weighted by atomic mass is 10.0. The summed E-state index contributed by atoms with van der Waals surface area (Å²) in [4.78, 5) is 9.41. The summed E-state index contributed by atoms with van der Waals surface area (Å²) in [6.07, 6.45) is 2.39. The number of hydrogen-bond acceptors (Lipinski definition) is 4. The summed E-state index contributed by atoms with van der Waals surface area (Å²) in [5, 5.41) is 4.03. The fraction of sp³-hybridized carbons (Fsp3) is 0.667. The van der Waals surface area contributed by atoms with Gasteiger partial charge in [-0.3, -0.25) is 0 Å². The fourth-order valence-corrected chi connectivity index (χ4v) is 2.80. The smallest absolute Gasteiger partial charge is 0.128 e. The zero-order chi connectivity index (χ0) is 14.5. The molecular weight excluding hydrogens is 272 g/mol. The van der Waals surface area contributed by atoms with Crippen LogP contribution in [0.2, 0.25) is 5.02 Å². The Bertz CT molecular complexity index is 428. The van der Waals surface area contributed by atoms with Gasteiger partial charge in [0.15, 0.2) is 0 Å². The van der Waals surface area contributed by atoms with E-state index in [0.29, 0.717) is 6.04 Å². The average molecular weight is 297 g/mol. The third-order valence-corrected chi connectivity index (χ3v) is 4.31. The Morgan fingerprint density at radius 1 is 1.35 bits per heavy atom. The molecule has 0 aliphatic carbocycles. The first kappa shape index (κ1) is 15.5. The van der Waals surface area contributed by atoms with E-state index in [2.05, 4.69) is 36.1 Å². The first-order chi connectivity index (χ1) is 9.61. The van der Waals surface area contributed by atoms with E-state index in [0.717, 1.165) is 42.7 Å². The van der Waals surface area contributed by atoms with Gasteiger partial charge in [-0.05, 0) is 45.6 Å². The molecule has 1 N–H and O–H groups in total. The molecule has 20 heavy (non-hydrogen) atoms. The second-order valence-electron chi connectivity index (χ2n) is 5.56. The van der Waals surface area contributed by atoms with Crippen molar-refractivity contribution in [3.05, 3.63) is 22.8 Å². The van der Waals surface area contributed by atoms with E-state index >= 15 is 0 Å². The maximum atomic E-state index is 6.21. The normalized spacial score (nSPS) is 16.9. The minimum Gasteiger partial charge on any atom is -0.356 e. The molecule has 2 rings (SSSR count). The fourth-order valence-electron chi connectivity index (χ4n) is 2.63. The van der Waals surface area contributed by atoms with Crippen molar-refractivity contribution in [2.45, 2.75) is 32.4 Å². The van der Waals surface area contributed by atoms with Crippen LogP contribution in [0.15, 0.2) is 12.1 Å². The lowest BCUT2D eigenvalue weighted by molar-refractivity contribution is 0.249. The van der Waals surface area contributed by atoms with Crippen LogP contribution in [-0.2, 0) is 6.54 Å². The Morgan fingerprint density at radius 3 is 2.65 bits per heavy atom. The van der Waals surface area contributed by atoms with Crippen molar-refractivity contribution in [2.75, 3.05) is 38.6 Å². The van der Waals surface area contributed by atoms with Crippen LogP contribution in [0.3, 0.4) is 0 Å². The molecule has 0 atom stereocenters. The highest BCUT2D eigenvalue weighted by molar-refractivity contribution is 6.31. The quantitative estimate of drug-likeness (QED) is 0.904. The van der Waals surface area contributed by atoms with Crippen LogP contribution >= 0.6 is 11.6 Å². The molecule has 2 heterocycles. The van der Waals surface area contributed by atoms with Crippen LogP contribution in [0.5, 0.6) is 0 Å². The Labute approximate surface area is 127 Å². The minimum atomic E-state index is 0.694. The molecule has 112 valence electrons. The van der Waals surface area contributed by atoms with E-state index in [9.17, 15) is 0 Å².